The lowest BCUT2D eigenvalue weighted by atomic mass is 9.73. The summed E-state index contributed by atoms with van der Waals surface area (Å²) in [5, 5.41) is 3.92. The van der Waals surface area contributed by atoms with Crippen LogP contribution in [0.15, 0.2) is 18.2 Å². The van der Waals surface area contributed by atoms with Gasteiger partial charge < -0.3 is 14.8 Å². The van der Waals surface area contributed by atoms with Gasteiger partial charge in [-0.1, -0.05) is 26.0 Å². The van der Waals surface area contributed by atoms with Crippen LogP contribution in [0.25, 0.3) is 0 Å². The Hall–Kier alpha value is -1.06. The Morgan fingerprint density at radius 1 is 1.12 bits per heavy atom. The fourth-order valence-electron chi connectivity index (χ4n) is 4.91. The standard InChI is InChI=1S/C22H33NO2/c1-15(2)5-6-16-7-8-20-19(14-16)22-18(4-3-11-25-22)21(23-20)17-9-12-24-13-10-17/h7-8,14-15,17-18,21-23H,3-6,9-13H2,1-2H3/t18-,21+,22-/m1/s1. The highest BCUT2D eigenvalue weighted by Crippen LogP contribution is 2.47. The van der Waals surface area contributed by atoms with E-state index >= 15 is 0 Å². The minimum Gasteiger partial charge on any atom is -0.381 e. The van der Waals surface area contributed by atoms with Gasteiger partial charge in [0, 0.05) is 43.0 Å². The van der Waals surface area contributed by atoms with Gasteiger partial charge in [0.05, 0.1) is 6.10 Å². The predicted octanol–water partition coefficient (Wildman–Crippen LogP) is 4.96. The molecule has 3 atom stereocenters. The van der Waals surface area contributed by atoms with Crippen LogP contribution in [0, 0.1) is 17.8 Å². The van der Waals surface area contributed by atoms with E-state index in [2.05, 4.69) is 37.4 Å². The van der Waals surface area contributed by atoms with Gasteiger partial charge >= 0.3 is 0 Å². The Bertz CT molecular complexity index is 579. The second-order valence-electron chi connectivity index (χ2n) is 8.57. The molecule has 0 unspecified atom stereocenters. The molecule has 0 spiro atoms. The third-order valence-electron chi connectivity index (χ3n) is 6.36. The minimum atomic E-state index is 0.289. The molecule has 0 bridgehead atoms. The van der Waals surface area contributed by atoms with E-state index in [0.717, 1.165) is 31.7 Å². The van der Waals surface area contributed by atoms with Crippen LogP contribution in [0.1, 0.15) is 63.2 Å². The lowest BCUT2D eigenvalue weighted by Gasteiger charge is -2.47. The molecule has 0 aromatic heterocycles. The molecule has 3 heterocycles. The lowest BCUT2D eigenvalue weighted by molar-refractivity contribution is -0.0517. The molecule has 2 fully saturated rings. The van der Waals surface area contributed by atoms with E-state index in [1.54, 1.807) is 0 Å². The summed E-state index contributed by atoms with van der Waals surface area (Å²) in [5.74, 6) is 2.09. The van der Waals surface area contributed by atoms with Crippen molar-refractivity contribution in [1.29, 1.82) is 0 Å². The smallest absolute Gasteiger partial charge is 0.0892 e. The van der Waals surface area contributed by atoms with Crippen LogP contribution in [-0.4, -0.2) is 25.9 Å². The molecule has 2 saturated heterocycles. The van der Waals surface area contributed by atoms with Crippen LogP contribution in [0.3, 0.4) is 0 Å². The quantitative estimate of drug-likeness (QED) is 0.838. The van der Waals surface area contributed by atoms with Crippen molar-refractivity contribution in [2.75, 3.05) is 25.1 Å². The number of hydrogen-bond acceptors (Lipinski definition) is 3. The molecule has 4 rings (SSSR count). The summed E-state index contributed by atoms with van der Waals surface area (Å²) in [6.07, 6.45) is 7.57. The van der Waals surface area contributed by atoms with Gasteiger partial charge in [-0.2, -0.15) is 0 Å². The van der Waals surface area contributed by atoms with Crippen LogP contribution >= 0.6 is 0 Å². The van der Waals surface area contributed by atoms with Crippen LogP contribution in [0.5, 0.6) is 0 Å². The zero-order valence-electron chi connectivity index (χ0n) is 15.8. The van der Waals surface area contributed by atoms with E-state index in [4.69, 9.17) is 9.47 Å². The highest BCUT2D eigenvalue weighted by Gasteiger charge is 2.42. The van der Waals surface area contributed by atoms with E-state index in [1.165, 1.54) is 55.3 Å². The van der Waals surface area contributed by atoms with E-state index in [0.29, 0.717) is 12.0 Å². The van der Waals surface area contributed by atoms with Crippen LogP contribution in [0.2, 0.25) is 0 Å². The maximum absolute atomic E-state index is 6.34. The summed E-state index contributed by atoms with van der Waals surface area (Å²) in [5.41, 5.74) is 4.19. The molecule has 3 nitrogen and oxygen atoms in total. The fraction of sp³-hybridized carbons (Fsp3) is 0.727. The zero-order chi connectivity index (χ0) is 17.2. The van der Waals surface area contributed by atoms with Crippen molar-refractivity contribution in [3.05, 3.63) is 29.3 Å². The first-order chi connectivity index (χ1) is 12.2. The SMILES string of the molecule is CC(C)CCc1ccc2c(c1)[C@@H]1OCCC[C@@H]1[C@H](C1CCOCC1)N2. The van der Waals surface area contributed by atoms with E-state index in [1.807, 2.05) is 0 Å². The molecule has 1 aromatic rings. The fourth-order valence-corrected chi connectivity index (χ4v) is 4.91. The maximum Gasteiger partial charge on any atom is 0.0892 e. The van der Waals surface area contributed by atoms with Crippen molar-refractivity contribution in [2.45, 2.75) is 64.5 Å². The number of benzene rings is 1. The van der Waals surface area contributed by atoms with Gasteiger partial charge in [0.1, 0.15) is 0 Å². The van der Waals surface area contributed by atoms with Crippen molar-refractivity contribution >= 4 is 5.69 Å². The number of hydrogen-bond donors (Lipinski definition) is 1. The lowest BCUT2D eigenvalue weighted by Crippen LogP contribution is -2.47. The van der Waals surface area contributed by atoms with Crippen molar-refractivity contribution < 1.29 is 9.47 Å². The Labute approximate surface area is 152 Å². The largest absolute Gasteiger partial charge is 0.381 e. The van der Waals surface area contributed by atoms with E-state index in [-0.39, 0.29) is 6.10 Å². The molecule has 0 radical (unpaired) electrons. The van der Waals surface area contributed by atoms with Crippen LogP contribution < -0.4 is 5.32 Å². The highest BCUT2D eigenvalue weighted by atomic mass is 16.5. The summed E-state index contributed by atoms with van der Waals surface area (Å²) < 4.78 is 11.9. The Balaban J connectivity index is 1.59. The molecule has 0 saturated carbocycles. The average molecular weight is 344 g/mol. The van der Waals surface area contributed by atoms with Crippen molar-refractivity contribution in [3.8, 4) is 0 Å². The van der Waals surface area contributed by atoms with Crippen molar-refractivity contribution in [1.82, 2.24) is 0 Å². The first-order valence-electron chi connectivity index (χ1n) is 10.3. The molecule has 3 aliphatic heterocycles. The summed E-state index contributed by atoms with van der Waals surface area (Å²) in [7, 11) is 0. The number of fused-ring (bicyclic) bond motifs is 3. The summed E-state index contributed by atoms with van der Waals surface area (Å²) in [6.45, 7) is 7.36. The summed E-state index contributed by atoms with van der Waals surface area (Å²) in [4.78, 5) is 0. The monoisotopic (exact) mass is 343 g/mol. The summed E-state index contributed by atoms with van der Waals surface area (Å²) in [6, 6.07) is 7.60. The second kappa shape index (κ2) is 7.67. The molecular weight excluding hydrogens is 310 g/mol. The number of anilines is 1. The number of nitrogens with one attached hydrogen (secondary N) is 1. The van der Waals surface area contributed by atoms with Crippen LogP contribution in [0.4, 0.5) is 5.69 Å². The molecule has 25 heavy (non-hydrogen) atoms. The Kier molecular flexibility index (Phi) is 5.33. The third-order valence-corrected chi connectivity index (χ3v) is 6.36. The number of ether oxygens (including phenoxy) is 2. The molecule has 3 aliphatic rings. The molecular formula is C22H33NO2. The normalized spacial score (nSPS) is 29.8. The molecule has 0 aliphatic carbocycles. The molecule has 1 N–H and O–H groups in total. The zero-order valence-corrected chi connectivity index (χ0v) is 15.8. The topological polar surface area (TPSA) is 30.5 Å². The highest BCUT2D eigenvalue weighted by molar-refractivity contribution is 5.57. The predicted molar refractivity (Wildman–Crippen MR) is 102 cm³/mol. The third kappa shape index (κ3) is 3.73. The molecule has 1 aromatic carbocycles. The summed E-state index contributed by atoms with van der Waals surface area (Å²) >= 11 is 0. The van der Waals surface area contributed by atoms with Gasteiger partial charge in [-0.05, 0) is 62.0 Å². The second-order valence-corrected chi connectivity index (χ2v) is 8.57. The number of rotatable bonds is 4. The Morgan fingerprint density at radius 2 is 1.96 bits per heavy atom. The van der Waals surface area contributed by atoms with Gasteiger partial charge in [0.2, 0.25) is 0 Å². The van der Waals surface area contributed by atoms with Gasteiger partial charge in [-0.15, -0.1) is 0 Å². The van der Waals surface area contributed by atoms with E-state index < -0.39 is 0 Å². The molecule has 138 valence electrons. The van der Waals surface area contributed by atoms with Gasteiger partial charge in [0.15, 0.2) is 0 Å². The first kappa shape index (κ1) is 17.4. The molecule has 3 heteroatoms. The van der Waals surface area contributed by atoms with Crippen molar-refractivity contribution in [3.63, 3.8) is 0 Å². The average Bonchev–Trinajstić information content (AvgIpc) is 2.66. The van der Waals surface area contributed by atoms with Gasteiger partial charge in [-0.25, -0.2) is 0 Å². The van der Waals surface area contributed by atoms with Gasteiger partial charge in [0.25, 0.3) is 0 Å². The van der Waals surface area contributed by atoms with Gasteiger partial charge in [-0.3, -0.25) is 0 Å². The maximum atomic E-state index is 6.34. The number of aryl methyl sites for hydroxylation is 1. The molecule has 0 amide bonds. The minimum absolute atomic E-state index is 0.289. The first-order valence-corrected chi connectivity index (χ1v) is 10.3. The Morgan fingerprint density at radius 3 is 2.76 bits per heavy atom. The van der Waals surface area contributed by atoms with E-state index in [9.17, 15) is 0 Å². The van der Waals surface area contributed by atoms with Crippen molar-refractivity contribution in [2.24, 2.45) is 17.8 Å². The van der Waals surface area contributed by atoms with Crippen LogP contribution in [-0.2, 0) is 15.9 Å².